The zero-order valence-corrected chi connectivity index (χ0v) is 12.4. The number of urea groups is 1. The fourth-order valence-electron chi connectivity index (χ4n) is 3.32. The first-order valence-corrected chi connectivity index (χ1v) is 7.20. The van der Waals surface area contributed by atoms with E-state index in [4.69, 9.17) is 0 Å². The summed E-state index contributed by atoms with van der Waals surface area (Å²) in [6.45, 7) is 2.42. The summed E-state index contributed by atoms with van der Waals surface area (Å²) in [6.07, 6.45) is 3.68. The van der Waals surface area contributed by atoms with Crippen LogP contribution in [0.4, 0.5) is 4.79 Å². The fourth-order valence-corrected chi connectivity index (χ4v) is 3.32. The van der Waals surface area contributed by atoms with Crippen molar-refractivity contribution in [2.45, 2.75) is 44.6 Å². The fraction of sp³-hybridized carbons (Fsp3) is 0.786. The van der Waals surface area contributed by atoms with Gasteiger partial charge in [-0.25, -0.2) is 4.79 Å². The molecular weight excluding hydrogens is 258 g/mol. The third-order valence-electron chi connectivity index (χ3n) is 4.43. The number of hydrogen-bond donors (Lipinski definition) is 1. The first-order valence-electron chi connectivity index (χ1n) is 7.20. The maximum Gasteiger partial charge on any atom is 0.325 e. The van der Waals surface area contributed by atoms with Crippen LogP contribution in [0.2, 0.25) is 0 Å². The number of carbonyl (C=O) groups excluding carboxylic acids is 3. The van der Waals surface area contributed by atoms with Crippen LogP contribution in [-0.2, 0) is 9.59 Å². The van der Waals surface area contributed by atoms with Crippen molar-refractivity contribution in [2.24, 2.45) is 5.92 Å². The molecule has 0 radical (unpaired) electrons. The molecule has 1 aliphatic heterocycles. The molecule has 0 aromatic carbocycles. The SMILES string of the molecule is CC1CCCC2(C1)C(=O)NC(=O)N2CCC(=O)N(C)C. The zero-order chi connectivity index (χ0) is 14.9. The summed E-state index contributed by atoms with van der Waals surface area (Å²) < 4.78 is 0. The Kier molecular flexibility index (Phi) is 4.01. The second-order valence-electron chi connectivity index (χ2n) is 6.18. The van der Waals surface area contributed by atoms with Gasteiger partial charge >= 0.3 is 6.03 Å². The Hall–Kier alpha value is -1.59. The summed E-state index contributed by atoms with van der Waals surface area (Å²) in [7, 11) is 3.38. The van der Waals surface area contributed by atoms with Gasteiger partial charge in [-0.1, -0.05) is 19.8 Å². The molecule has 1 aliphatic carbocycles. The predicted octanol–water partition coefficient (Wildman–Crippen LogP) is 0.965. The molecule has 1 saturated carbocycles. The molecule has 2 aliphatic rings. The summed E-state index contributed by atoms with van der Waals surface area (Å²) >= 11 is 0. The third-order valence-corrected chi connectivity index (χ3v) is 4.43. The highest BCUT2D eigenvalue weighted by atomic mass is 16.2. The number of amides is 4. The number of rotatable bonds is 3. The molecule has 0 aromatic heterocycles. The van der Waals surface area contributed by atoms with Crippen LogP contribution in [0.3, 0.4) is 0 Å². The standard InChI is InChI=1S/C14H23N3O3/c1-10-5-4-7-14(9-10)12(19)15-13(20)17(14)8-6-11(18)16(2)3/h10H,4-9H2,1-3H3,(H,15,19,20). The lowest BCUT2D eigenvalue weighted by atomic mass is 9.75. The first kappa shape index (κ1) is 14.8. The minimum absolute atomic E-state index is 0.0313. The molecule has 2 fully saturated rings. The molecule has 2 atom stereocenters. The van der Waals surface area contributed by atoms with Gasteiger partial charge in [-0.3, -0.25) is 14.9 Å². The molecule has 0 bridgehead atoms. The van der Waals surface area contributed by atoms with Gasteiger partial charge in [0.05, 0.1) is 0 Å². The van der Waals surface area contributed by atoms with Gasteiger partial charge in [-0.15, -0.1) is 0 Å². The highest BCUT2D eigenvalue weighted by molar-refractivity contribution is 6.07. The Labute approximate surface area is 119 Å². The van der Waals surface area contributed by atoms with Crippen LogP contribution in [0.1, 0.15) is 39.0 Å². The van der Waals surface area contributed by atoms with E-state index < -0.39 is 5.54 Å². The summed E-state index contributed by atoms with van der Waals surface area (Å²) in [5, 5.41) is 2.42. The first-order chi connectivity index (χ1) is 9.36. The van der Waals surface area contributed by atoms with E-state index in [9.17, 15) is 14.4 Å². The Balaban J connectivity index is 2.13. The van der Waals surface area contributed by atoms with Crippen molar-refractivity contribution in [1.29, 1.82) is 0 Å². The van der Waals surface area contributed by atoms with Crippen LogP contribution in [-0.4, -0.2) is 53.8 Å². The number of imide groups is 1. The number of carbonyl (C=O) groups is 3. The smallest absolute Gasteiger partial charge is 0.325 e. The highest BCUT2D eigenvalue weighted by Gasteiger charge is 2.53. The van der Waals surface area contributed by atoms with E-state index in [1.165, 1.54) is 4.90 Å². The topological polar surface area (TPSA) is 69.7 Å². The van der Waals surface area contributed by atoms with Crippen LogP contribution in [0.15, 0.2) is 0 Å². The van der Waals surface area contributed by atoms with Crippen molar-refractivity contribution in [3.63, 3.8) is 0 Å². The number of nitrogens with zero attached hydrogens (tertiary/aromatic N) is 2. The molecule has 0 aromatic rings. The van der Waals surface area contributed by atoms with E-state index in [1.54, 1.807) is 19.0 Å². The second kappa shape index (κ2) is 5.42. The molecule has 6 nitrogen and oxygen atoms in total. The zero-order valence-electron chi connectivity index (χ0n) is 12.4. The quantitative estimate of drug-likeness (QED) is 0.784. The van der Waals surface area contributed by atoms with Crippen LogP contribution >= 0.6 is 0 Å². The highest BCUT2D eigenvalue weighted by Crippen LogP contribution is 2.39. The van der Waals surface area contributed by atoms with Crippen molar-refractivity contribution < 1.29 is 14.4 Å². The molecule has 2 unspecified atom stereocenters. The van der Waals surface area contributed by atoms with Crippen molar-refractivity contribution in [2.75, 3.05) is 20.6 Å². The minimum Gasteiger partial charge on any atom is -0.349 e. The molecule has 2 rings (SSSR count). The van der Waals surface area contributed by atoms with Crippen LogP contribution in [0, 0.1) is 5.92 Å². The van der Waals surface area contributed by atoms with Crippen LogP contribution in [0.5, 0.6) is 0 Å². The molecule has 20 heavy (non-hydrogen) atoms. The Bertz CT molecular complexity index is 435. The molecule has 1 heterocycles. The molecule has 112 valence electrons. The number of nitrogens with one attached hydrogen (secondary N) is 1. The van der Waals surface area contributed by atoms with Crippen molar-refractivity contribution in [1.82, 2.24) is 15.1 Å². The van der Waals surface area contributed by atoms with Crippen molar-refractivity contribution >= 4 is 17.8 Å². The van der Waals surface area contributed by atoms with E-state index in [1.807, 2.05) is 0 Å². The predicted molar refractivity (Wildman–Crippen MR) is 73.9 cm³/mol. The van der Waals surface area contributed by atoms with Gasteiger partial charge in [0.1, 0.15) is 5.54 Å². The maximum absolute atomic E-state index is 12.2. The van der Waals surface area contributed by atoms with Gasteiger partial charge in [0.25, 0.3) is 5.91 Å². The van der Waals surface area contributed by atoms with Gasteiger partial charge in [-0.05, 0) is 18.8 Å². The Morgan fingerprint density at radius 2 is 2.15 bits per heavy atom. The molecule has 1 saturated heterocycles. The van der Waals surface area contributed by atoms with E-state index in [2.05, 4.69) is 12.2 Å². The third kappa shape index (κ3) is 2.51. The molecule has 1 spiro atoms. The Morgan fingerprint density at radius 1 is 1.45 bits per heavy atom. The summed E-state index contributed by atoms with van der Waals surface area (Å²) in [5.74, 6) is 0.204. The lowest BCUT2D eigenvalue weighted by Gasteiger charge is -2.40. The molecule has 6 heteroatoms. The lowest BCUT2D eigenvalue weighted by Crippen LogP contribution is -2.53. The average Bonchev–Trinajstić information content (AvgIpc) is 2.58. The van der Waals surface area contributed by atoms with E-state index >= 15 is 0 Å². The largest absolute Gasteiger partial charge is 0.349 e. The Morgan fingerprint density at radius 3 is 2.75 bits per heavy atom. The van der Waals surface area contributed by atoms with E-state index in [0.717, 1.165) is 12.8 Å². The molecule has 4 amide bonds. The van der Waals surface area contributed by atoms with Crippen molar-refractivity contribution in [3.05, 3.63) is 0 Å². The molecule has 1 N–H and O–H groups in total. The summed E-state index contributed by atoms with van der Waals surface area (Å²) in [6, 6.07) is -0.351. The summed E-state index contributed by atoms with van der Waals surface area (Å²) in [5.41, 5.74) is -0.721. The maximum atomic E-state index is 12.2. The van der Waals surface area contributed by atoms with Crippen LogP contribution in [0.25, 0.3) is 0 Å². The van der Waals surface area contributed by atoms with Gasteiger partial charge in [-0.2, -0.15) is 0 Å². The van der Waals surface area contributed by atoms with Gasteiger partial charge in [0.15, 0.2) is 0 Å². The minimum atomic E-state index is -0.721. The van der Waals surface area contributed by atoms with Gasteiger partial charge in [0, 0.05) is 27.1 Å². The molecular formula is C14H23N3O3. The van der Waals surface area contributed by atoms with E-state index in [-0.39, 0.29) is 24.3 Å². The van der Waals surface area contributed by atoms with Gasteiger partial charge < -0.3 is 9.80 Å². The van der Waals surface area contributed by atoms with Crippen molar-refractivity contribution in [3.8, 4) is 0 Å². The van der Waals surface area contributed by atoms with Gasteiger partial charge in [0.2, 0.25) is 5.91 Å². The van der Waals surface area contributed by atoms with E-state index in [0.29, 0.717) is 25.3 Å². The lowest BCUT2D eigenvalue weighted by molar-refractivity contribution is -0.132. The van der Waals surface area contributed by atoms with Crippen LogP contribution < -0.4 is 5.32 Å². The average molecular weight is 281 g/mol. The summed E-state index contributed by atoms with van der Waals surface area (Å²) in [4.78, 5) is 39.0. The number of hydrogen-bond acceptors (Lipinski definition) is 3. The monoisotopic (exact) mass is 281 g/mol. The second-order valence-corrected chi connectivity index (χ2v) is 6.18. The normalized spacial score (nSPS) is 29.8.